The Morgan fingerprint density at radius 2 is 2.12 bits per heavy atom. The van der Waals surface area contributed by atoms with Gasteiger partial charge in [0.15, 0.2) is 16.7 Å². The molecule has 2 aliphatic rings. The Balaban J connectivity index is 2.01. The lowest BCUT2D eigenvalue weighted by Crippen LogP contribution is -2.31. The van der Waals surface area contributed by atoms with E-state index in [2.05, 4.69) is 10.3 Å². The van der Waals surface area contributed by atoms with Gasteiger partial charge in [-0.3, -0.25) is 0 Å². The van der Waals surface area contributed by atoms with Crippen LogP contribution in [0.5, 0.6) is 11.5 Å². The summed E-state index contributed by atoms with van der Waals surface area (Å²) in [5.74, 6) is 1.01. The van der Waals surface area contributed by atoms with E-state index in [9.17, 15) is 4.79 Å². The Kier molecular flexibility index (Phi) is 4.71. The number of thioether (sulfide) groups is 1. The summed E-state index contributed by atoms with van der Waals surface area (Å²) >= 11 is 1.50. The van der Waals surface area contributed by atoms with Crippen LogP contribution in [-0.4, -0.2) is 30.3 Å². The molecule has 0 radical (unpaired) electrons. The van der Waals surface area contributed by atoms with Crippen LogP contribution in [-0.2, 0) is 9.53 Å². The van der Waals surface area contributed by atoms with Crippen molar-refractivity contribution in [3.8, 4) is 11.5 Å². The molecule has 2 aliphatic heterocycles. The lowest BCUT2D eigenvalue weighted by molar-refractivity contribution is -0.143. The SMILES string of the molecule is CSC1=NC(c2ccc3c(c2)OCO3)C(C(=O)OC(C)C)=C(C)N1. The number of hydrogen-bond acceptors (Lipinski definition) is 7. The Labute approximate surface area is 145 Å². The fraction of sp³-hybridized carbons (Fsp3) is 0.412. The van der Waals surface area contributed by atoms with Crippen LogP contribution in [0.3, 0.4) is 0 Å². The average molecular weight is 348 g/mol. The number of esters is 1. The van der Waals surface area contributed by atoms with Crippen LogP contribution >= 0.6 is 11.8 Å². The zero-order valence-corrected chi connectivity index (χ0v) is 14.9. The fourth-order valence-electron chi connectivity index (χ4n) is 2.62. The largest absolute Gasteiger partial charge is 0.459 e. The van der Waals surface area contributed by atoms with Gasteiger partial charge in [0.1, 0.15) is 6.04 Å². The monoisotopic (exact) mass is 348 g/mol. The molecule has 0 fully saturated rings. The van der Waals surface area contributed by atoms with Gasteiger partial charge in [-0.25, -0.2) is 9.79 Å². The molecular weight excluding hydrogens is 328 g/mol. The van der Waals surface area contributed by atoms with Gasteiger partial charge in [-0.15, -0.1) is 0 Å². The maximum absolute atomic E-state index is 12.6. The molecule has 0 saturated carbocycles. The third-order valence-electron chi connectivity index (χ3n) is 3.69. The fourth-order valence-corrected chi connectivity index (χ4v) is 3.08. The van der Waals surface area contributed by atoms with Crippen LogP contribution in [0.25, 0.3) is 0 Å². The van der Waals surface area contributed by atoms with Crippen molar-refractivity contribution in [2.45, 2.75) is 32.9 Å². The number of nitrogens with one attached hydrogen (secondary N) is 1. The molecule has 3 rings (SSSR count). The topological polar surface area (TPSA) is 69.2 Å². The molecule has 0 aromatic heterocycles. The van der Waals surface area contributed by atoms with E-state index in [1.54, 1.807) is 0 Å². The summed E-state index contributed by atoms with van der Waals surface area (Å²) < 4.78 is 16.2. The molecule has 0 saturated heterocycles. The van der Waals surface area contributed by atoms with E-state index in [1.807, 2.05) is 45.2 Å². The Morgan fingerprint density at radius 3 is 2.83 bits per heavy atom. The van der Waals surface area contributed by atoms with Gasteiger partial charge in [-0.1, -0.05) is 17.8 Å². The Hall–Kier alpha value is -2.15. The van der Waals surface area contributed by atoms with Crippen molar-refractivity contribution in [2.75, 3.05) is 13.0 Å². The van der Waals surface area contributed by atoms with Gasteiger partial charge < -0.3 is 19.5 Å². The minimum Gasteiger partial charge on any atom is -0.459 e. The van der Waals surface area contributed by atoms with Gasteiger partial charge >= 0.3 is 5.97 Å². The molecule has 1 atom stereocenters. The van der Waals surface area contributed by atoms with Crippen LogP contribution < -0.4 is 14.8 Å². The number of rotatable bonds is 3. The molecule has 2 heterocycles. The molecule has 6 nitrogen and oxygen atoms in total. The first-order chi connectivity index (χ1) is 11.5. The van der Waals surface area contributed by atoms with Crippen LogP contribution in [0.15, 0.2) is 34.5 Å². The Bertz CT molecular complexity index is 727. The number of nitrogens with zero attached hydrogens (tertiary/aromatic N) is 1. The quantitative estimate of drug-likeness (QED) is 0.847. The third kappa shape index (κ3) is 3.21. The smallest absolute Gasteiger partial charge is 0.338 e. The first kappa shape index (κ1) is 16.7. The van der Waals surface area contributed by atoms with Crippen molar-refractivity contribution in [3.05, 3.63) is 35.0 Å². The number of aliphatic imine (C=N–C) groups is 1. The molecular formula is C17H20N2O4S. The number of amidine groups is 1. The first-order valence-electron chi connectivity index (χ1n) is 7.69. The zero-order chi connectivity index (χ0) is 17.3. The molecule has 0 spiro atoms. The van der Waals surface area contributed by atoms with E-state index in [0.717, 1.165) is 16.4 Å². The second-order valence-electron chi connectivity index (χ2n) is 5.77. The number of benzene rings is 1. The molecule has 24 heavy (non-hydrogen) atoms. The molecule has 7 heteroatoms. The standard InChI is InChI=1S/C17H20N2O4S/c1-9(2)23-16(20)14-10(3)18-17(24-4)19-15(14)11-5-6-12-13(7-11)22-8-21-12/h5-7,9,15H,8H2,1-4H3,(H,18,19). The van der Waals surface area contributed by atoms with E-state index < -0.39 is 6.04 Å². The third-order valence-corrected chi connectivity index (χ3v) is 4.28. The number of carbonyl (C=O) groups is 1. The molecule has 1 N–H and O–H groups in total. The number of hydrogen-bond donors (Lipinski definition) is 1. The van der Waals surface area contributed by atoms with E-state index in [4.69, 9.17) is 14.2 Å². The van der Waals surface area contributed by atoms with Crippen molar-refractivity contribution in [1.29, 1.82) is 0 Å². The predicted molar refractivity (Wildman–Crippen MR) is 93.3 cm³/mol. The highest BCUT2D eigenvalue weighted by molar-refractivity contribution is 8.13. The van der Waals surface area contributed by atoms with E-state index >= 15 is 0 Å². The van der Waals surface area contributed by atoms with Gasteiger partial charge in [0.05, 0.1) is 11.7 Å². The molecule has 1 unspecified atom stereocenters. The highest BCUT2D eigenvalue weighted by Crippen LogP contribution is 2.39. The lowest BCUT2D eigenvalue weighted by Gasteiger charge is -2.26. The van der Waals surface area contributed by atoms with Gasteiger partial charge in [-0.2, -0.15) is 0 Å². The highest BCUT2D eigenvalue weighted by Gasteiger charge is 2.31. The number of ether oxygens (including phenoxy) is 3. The van der Waals surface area contributed by atoms with Gasteiger partial charge in [0.2, 0.25) is 6.79 Å². The Morgan fingerprint density at radius 1 is 1.38 bits per heavy atom. The van der Waals surface area contributed by atoms with E-state index in [0.29, 0.717) is 17.1 Å². The lowest BCUT2D eigenvalue weighted by atomic mass is 9.96. The molecule has 128 valence electrons. The summed E-state index contributed by atoms with van der Waals surface area (Å²) in [6.07, 6.45) is 1.74. The molecule has 0 aliphatic carbocycles. The summed E-state index contributed by atoms with van der Waals surface area (Å²) in [4.78, 5) is 17.2. The summed E-state index contributed by atoms with van der Waals surface area (Å²) in [6.45, 7) is 5.73. The zero-order valence-electron chi connectivity index (χ0n) is 14.1. The summed E-state index contributed by atoms with van der Waals surface area (Å²) in [7, 11) is 0. The number of fused-ring (bicyclic) bond motifs is 1. The molecule has 0 bridgehead atoms. The van der Waals surface area contributed by atoms with Crippen molar-refractivity contribution >= 4 is 22.9 Å². The average Bonchev–Trinajstić information content (AvgIpc) is 3.00. The normalized spacial score (nSPS) is 19.2. The molecule has 1 aromatic carbocycles. The molecule has 1 aromatic rings. The van der Waals surface area contributed by atoms with Gasteiger partial charge in [-0.05, 0) is 44.7 Å². The van der Waals surface area contributed by atoms with E-state index in [1.165, 1.54) is 11.8 Å². The number of carbonyl (C=O) groups excluding carboxylic acids is 1. The van der Waals surface area contributed by atoms with Gasteiger partial charge in [0, 0.05) is 5.70 Å². The van der Waals surface area contributed by atoms with Crippen molar-refractivity contribution in [1.82, 2.24) is 5.32 Å². The van der Waals surface area contributed by atoms with E-state index in [-0.39, 0.29) is 18.9 Å². The van der Waals surface area contributed by atoms with Gasteiger partial charge in [0.25, 0.3) is 0 Å². The minimum atomic E-state index is -0.436. The van der Waals surface area contributed by atoms with Crippen LogP contribution in [0.1, 0.15) is 32.4 Å². The summed E-state index contributed by atoms with van der Waals surface area (Å²) in [6, 6.07) is 5.18. The van der Waals surface area contributed by atoms with Crippen LogP contribution in [0, 0.1) is 0 Å². The predicted octanol–water partition coefficient (Wildman–Crippen LogP) is 3.00. The second kappa shape index (κ2) is 6.76. The molecule has 0 amide bonds. The first-order valence-corrected chi connectivity index (χ1v) is 8.92. The maximum Gasteiger partial charge on any atom is 0.338 e. The van der Waals surface area contributed by atoms with Crippen molar-refractivity contribution < 1.29 is 19.0 Å². The minimum absolute atomic E-state index is 0.193. The second-order valence-corrected chi connectivity index (χ2v) is 6.57. The van der Waals surface area contributed by atoms with Crippen molar-refractivity contribution in [3.63, 3.8) is 0 Å². The summed E-state index contributed by atoms with van der Waals surface area (Å²) in [5, 5.41) is 3.92. The summed E-state index contributed by atoms with van der Waals surface area (Å²) in [5.41, 5.74) is 2.13. The maximum atomic E-state index is 12.6. The highest BCUT2D eigenvalue weighted by atomic mass is 32.2. The van der Waals surface area contributed by atoms with Crippen LogP contribution in [0.2, 0.25) is 0 Å². The van der Waals surface area contributed by atoms with Crippen LogP contribution in [0.4, 0.5) is 0 Å². The van der Waals surface area contributed by atoms with Crippen molar-refractivity contribution in [2.24, 2.45) is 4.99 Å². The number of allylic oxidation sites excluding steroid dienone is 1.